The van der Waals surface area contributed by atoms with Crippen LogP contribution in [0, 0.1) is 0 Å². The molecule has 0 fully saturated rings. The zero-order valence-electron chi connectivity index (χ0n) is 11.8. The lowest BCUT2D eigenvalue weighted by Crippen LogP contribution is -2.32. The summed E-state index contributed by atoms with van der Waals surface area (Å²) in [6.07, 6.45) is 0. The molecule has 0 atom stereocenters. The van der Waals surface area contributed by atoms with Crippen LogP contribution in [0.4, 0.5) is 16.2 Å². The molecular formula is C14H18BrN3O2. The Labute approximate surface area is 127 Å². The summed E-state index contributed by atoms with van der Waals surface area (Å²) in [6.45, 7) is 7.57. The first-order valence-corrected chi connectivity index (χ1v) is 6.82. The smallest absolute Gasteiger partial charge is 0.321 e. The highest BCUT2D eigenvalue weighted by atomic mass is 79.9. The van der Waals surface area contributed by atoms with E-state index in [2.05, 4.69) is 33.1 Å². The second kappa shape index (κ2) is 7.09. The molecule has 6 heteroatoms. The van der Waals surface area contributed by atoms with E-state index in [9.17, 15) is 9.59 Å². The number of likely N-dealkylation sites (N-methyl/N-ethyl adjacent to an activating group) is 1. The summed E-state index contributed by atoms with van der Waals surface area (Å²) < 4.78 is 0.695. The minimum absolute atomic E-state index is 0.144. The molecule has 0 aliphatic rings. The molecule has 0 unspecified atom stereocenters. The Balaban J connectivity index is 2.75. The van der Waals surface area contributed by atoms with Crippen LogP contribution in [0.1, 0.15) is 13.8 Å². The standard InChI is InChI=1S/C14H18BrN3O2/c1-9(2)8-18(4)14(20)17-13-6-5-11(7-12(13)15)16-10(3)19/h5-7H,1,8H2,2-4H3,(H,16,19)(H,17,20). The van der Waals surface area contributed by atoms with Crippen LogP contribution in [0.2, 0.25) is 0 Å². The van der Waals surface area contributed by atoms with Gasteiger partial charge in [0.25, 0.3) is 0 Å². The number of amides is 3. The van der Waals surface area contributed by atoms with E-state index in [0.717, 1.165) is 5.57 Å². The minimum Gasteiger partial charge on any atom is -0.326 e. The molecule has 0 spiro atoms. The molecule has 1 rings (SSSR count). The van der Waals surface area contributed by atoms with Crippen molar-refractivity contribution in [1.82, 2.24) is 4.90 Å². The van der Waals surface area contributed by atoms with Gasteiger partial charge in [0.2, 0.25) is 5.91 Å². The number of carbonyl (C=O) groups is 2. The van der Waals surface area contributed by atoms with E-state index in [4.69, 9.17) is 0 Å². The first-order valence-electron chi connectivity index (χ1n) is 6.03. The highest BCUT2D eigenvalue weighted by Gasteiger charge is 2.11. The fourth-order valence-electron chi connectivity index (χ4n) is 1.58. The molecule has 0 saturated carbocycles. The normalized spacial score (nSPS) is 9.80. The Morgan fingerprint density at radius 3 is 2.45 bits per heavy atom. The molecule has 0 saturated heterocycles. The zero-order valence-corrected chi connectivity index (χ0v) is 13.4. The molecule has 0 bridgehead atoms. The van der Waals surface area contributed by atoms with Crippen LogP contribution in [0.5, 0.6) is 0 Å². The summed E-state index contributed by atoms with van der Waals surface area (Å²) >= 11 is 3.36. The Kier molecular flexibility index (Phi) is 5.76. The van der Waals surface area contributed by atoms with Crippen molar-refractivity contribution in [3.63, 3.8) is 0 Å². The summed E-state index contributed by atoms with van der Waals surface area (Å²) in [6, 6.07) is 4.96. The monoisotopic (exact) mass is 339 g/mol. The van der Waals surface area contributed by atoms with Crippen LogP contribution >= 0.6 is 15.9 Å². The van der Waals surface area contributed by atoms with Gasteiger partial charge in [0.15, 0.2) is 0 Å². The van der Waals surface area contributed by atoms with Crippen LogP contribution in [0.25, 0.3) is 0 Å². The van der Waals surface area contributed by atoms with Crippen molar-refractivity contribution in [3.05, 3.63) is 34.8 Å². The van der Waals surface area contributed by atoms with Gasteiger partial charge in [-0.3, -0.25) is 4.79 Å². The number of anilines is 2. The van der Waals surface area contributed by atoms with Gasteiger partial charge in [-0.25, -0.2) is 4.79 Å². The molecule has 0 aromatic heterocycles. The van der Waals surface area contributed by atoms with E-state index in [1.54, 1.807) is 25.2 Å². The van der Waals surface area contributed by atoms with Gasteiger partial charge in [0.05, 0.1) is 5.69 Å². The highest BCUT2D eigenvalue weighted by molar-refractivity contribution is 9.10. The van der Waals surface area contributed by atoms with Crippen molar-refractivity contribution < 1.29 is 9.59 Å². The van der Waals surface area contributed by atoms with Crippen molar-refractivity contribution in [2.75, 3.05) is 24.2 Å². The third-order valence-electron chi connectivity index (χ3n) is 2.38. The highest BCUT2D eigenvalue weighted by Crippen LogP contribution is 2.26. The van der Waals surface area contributed by atoms with Crippen molar-refractivity contribution in [2.24, 2.45) is 0 Å². The Hall–Kier alpha value is -1.82. The Morgan fingerprint density at radius 2 is 1.95 bits per heavy atom. The number of hydrogen-bond donors (Lipinski definition) is 2. The van der Waals surface area contributed by atoms with E-state index in [1.165, 1.54) is 11.8 Å². The molecule has 2 N–H and O–H groups in total. The van der Waals surface area contributed by atoms with Crippen molar-refractivity contribution >= 4 is 39.2 Å². The molecule has 3 amide bonds. The second-order valence-corrected chi connectivity index (χ2v) is 5.47. The molecule has 20 heavy (non-hydrogen) atoms. The second-order valence-electron chi connectivity index (χ2n) is 4.62. The zero-order chi connectivity index (χ0) is 15.3. The van der Waals surface area contributed by atoms with Gasteiger partial charge in [0, 0.05) is 30.7 Å². The van der Waals surface area contributed by atoms with Crippen LogP contribution in [0.15, 0.2) is 34.8 Å². The summed E-state index contributed by atoms with van der Waals surface area (Å²) in [4.78, 5) is 24.5. The number of hydrogen-bond acceptors (Lipinski definition) is 2. The molecule has 1 aromatic carbocycles. The SMILES string of the molecule is C=C(C)CN(C)C(=O)Nc1ccc(NC(C)=O)cc1Br. The number of nitrogens with one attached hydrogen (secondary N) is 2. The van der Waals surface area contributed by atoms with Crippen LogP contribution in [-0.2, 0) is 4.79 Å². The number of benzene rings is 1. The van der Waals surface area contributed by atoms with Gasteiger partial charge in [0.1, 0.15) is 0 Å². The minimum atomic E-state index is -0.221. The van der Waals surface area contributed by atoms with E-state index >= 15 is 0 Å². The van der Waals surface area contributed by atoms with Crippen LogP contribution < -0.4 is 10.6 Å². The van der Waals surface area contributed by atoms with E-state index in [-0.39, 0.29) is 11.9 Å². The molecule has 0 aliphatic carbocycles. The summed E-state index contributed by atoms with van der Waals surface area (Å²) in [5, 5.41) is 5.45. The maximum Gasteiger partial charge on any atom is 0.321 e. The van der Waals surface area contributed by atoms with Gasteiger partial charge in [-0.1, -0.05) is 12.2 Å². The quantitative estimate of drug-likeness (QED) is 0.825. The number of urea groups is 1. The van der Waals surface area contributed by atoms with Gasteiger partial charge < -0.3 is 15.5 Å². The molecule has 108 valence electrons. The fourth-order valence-corrected chi connectivity index (χ4v) is 2.06. The van der Waals surface area contributed by atoms with Gasteiger partial charge in [-0.05, 0) is 41.1 Å². The van der Waals surface area contributed by atoms with E-state index in [1.807, 2.05) is 6.92 Å². The first-order chi connectivity index (χ1) is 9.29. The van der Waals surface area contributed by atoms with E-state index in [0.29, 0.717) is 22.4 Å². The van der Waals surface area contributed by atoms with E-state index < -0.39 is 0 Å². The lowest BCUT2D eigenvalue weighted by atomic mass is 10.2. The molecule has 5 nitrogen and oxygen atoms in total. The number of nitrogens with zero attached hydrogens (tertiary/aromatic N) is 1. The lowest BCUT2D eigenvalue weighted by Gasteiger charge is -2.18. The topological polar surface area (TPSA) is 61.4 Å². The largest absolute Gasteiger partial charge is 0.326 e. The number of carbonyl (C=O) groups excluding carboxylic acids is 2. The molecular weight excluding hydrogens is 322 g/mol. The summed E-state index contributed by atoms with van der Waals surface area (Å²) in [7, 11) is 1.70. The van der Waals surface area contributed by atoms with Gasteiger partial charge in [-0.15, -0.1) is 0 Å². The van der Waals surface area contributed by atoms with Gasteiger partial charge in [-0.2, -0.15) is 0 Å². The summed E-state index contributed by atoms with van der Waals surface area (Å²) in [5.41, 5.74) is 2.21. The molecule has 1 aromatic rings. The van der Waals surface area contributed by atoms with Crippen LogP contribution in [-0.4, -0.2) is 30.4 Å². The first kappa shape index (κ1) is 16.2. The molecule has 0 aliphatic heterocycles. The third kappa shape index (κ3) is 5.05. The maximum atomic E-state index is 11.9. The molecule has 0 radical (unpaired) electrons. The summed E-state index contributed by atoms with van der Waals surface area (Å²) in [5.74, 6) is -0.144. The third-order valence-corrected chi connectivity index (χ3v) is 3.04. The predicted molar refractivity (Wildman–Crippen MR) is 84.9 cm³/mol. The number of halogens is 1. The lowest BCUT2D eigenvalue weighted by molar-refractivity contribution is -0.114. The average molecular weight is 340 g/mol. The fraction of sp³-hybridized carbons (Fsp3) is 0.286. The van der Waals surface area contributed by atoms with Crippen molar-refractivity contribution in [1.29, 1.82) is 0 Å². The van der Waals surface area contributed by atoms with Gasteiger partial charge >= 0.3 is 6.03 Å². The number of rotatable bonds is 4. The molecule has 0 heterocycles. The Morgan fingerprint density at radius 1 is 1.30 bits per heavy atom. The Bertz CT molecular complexity index is 543. The maximum absolute atomic E-state index is 11.9. The van der Waals surface area contributed by atoms with Crippen molar-refractivity contribution in [3.8, 4) is 0 Å². The average Bonchev–Trinajstić information content (AvgIpc) is 2.30. The predicted octanol–water partition coefficient (Wildman–Crippen LogP) is 3.45. The van der Waals surface area contributed by atoms with Crippen LogP contribution in [0.3, 0.4) is 0 Å². The van der Waals surface area contributed by atoms with Crippen molar-refractivity contribution in [2.45, 2.75) is 13.8 Å².